The molecule has 33 heavy (non-hydrogen) atoms. The van der Waals surface area contributed by atoms with Gasteiger partial charge in [-0.3, -0.25) is 4.74 Å². The van der Waals surface area contributed by atoms with E-state index < -0.39 is 0 Å². The number of hydrogen-bond donors (Lipinski definition) is 0. The van der Waals surface area contributed by atoms with Crippen LogP contribution < -0.4 is 34.0 Å². The molecule has 2 atom stereocenters. The average molecular weight is 578 g/mol. The molecule has 2 aromatic rings. The summed E-state index contributed by atoms with van der Waals surface area (Å²) < 4.78 is 9.05. The van der Waals surface area contributed by atoms with Crippen molar-refractivity contribution in [3.05, 3.63) is 71.8 Å². The summed E-state index contributed by atoms with van der Waals surface area (Å²) in [5.41, 5.74) is 3.11. The first-order chi connectivity index (χ1) is 15.2. The summed E-state index contributed by atoms with van der Waals surface area (Å²) >= 11 is 0. The van der Waals surface area contributed by atoms with Crippen molar-refractivity contribution >= 4 is 0 Å². The second-order valence-corrected chi connectivity index (χ2v) is 11.1. The van der Waals surface area contributed by atoms with Crippen LogP contribution in [0.5, 0.6) is 0 Å². The van der Waals surface area contributed by atoms with E-state index >= 15 is 0 Å². The van der Waals surface area contributed by atoms with E-state index in [1.54, 1.807) is 11.1 Å². The first-order valence-electron chi connectivity index (χ1n) is 12.6. The molecule has 0 N–H and O–H groups in total. The Hall–Kier alpha value is -0.720. The summed E-state index contributed by atoms with van der Waals surface area (Å²) in [5, 5.41) is 0. The molecule has 6 fully saturated rings. The molecule has 0 aliphatic carbocycles. The third-order valence-electron chi connectivity index (χ3n) is 9.39. The summed E-state index contributed by atoms with van der Waals surface area (Å²) in [6.45, 7) is 9.70. The molecule has 6 heterocycles. The monoisotopic (exact) mass is 576 g/mol. The van der Waals surface area contributed by atoms with E-state index in [1.165, 1.54) is 73.9 Å². The number of rotatable bonds is 6. The quantitative estimate of drug-likeness (QED) is 0.399. The van der Waals surface area contributed by atoms with Crippen molar-refractivity contribution in [2.24, 2.45) is 11.8 Å². The van der Waals surface area contributed by atoms with Crippen molar-refractivity contribution in [1.82, 2.24) is 0 Å². The highest BCUT2D eigenvalue weighted by Crippen LogP contribution is 2.45. The van der Waals surface area contributed by atoms with Gasteiger partial charge in [0.15, 0.2) is 13.5 Å². The zero-order valence-electron chi connectivity index (χ0n) is 19.6. The van der Waals surface area contributed by atoms with Crippen molar-refractivity contribution in [2.75, 3.05) is 52.7 Å². The predicted octanol–water partition coefficient (Wildman–Crippen LogP) is -1.03. The lowest BCUT2D eigenvalue weighted by molar-refractivity contribution is -0.992. The van der Waals surface area contributed by atoms with Crippen molar-refractivity contribution in [3.8, 4) is 0 Å². The molecule has 6 aliphatic heterocycles. The second kappa shape index (κ2) is 10.5. The molecule has 4 bridgehead atoms. The highest BCUT2D eigenvalue weighted by atomic mass is 79.9. The van der Waals surface area contributed by atoms with Gasteiger partial charge in [0.2, 0.25) is 0 Å². The molecule has 180 valence electrons. The number of halogens is 2. The number of nitrogens with zero attached hydrogens (tertiary/aromatic N) is 2. The Balaban J connectivity index is 0.00000130. The van der Waals surface area contributed by atoms with E-state index in [4.69, 9.17) is 4.74 Å². The van der Waals surface area contributed by atoms with Gasteiger partial charge in [-0.2, -0.15) is 0 Å². The molecule has 2 aromatic carbocycles. The van der Waals surface area contributed by atoms with Crippen LogP contribution in [-0.2, 0) is 4.74 Å². The fourth-order valence-corrected chi connectivity index (χ4v) is 7.52. The maximum Gasteiger partial charge on any atom is 0.188 e. The molecule has 5 heteroatoms. The van der Waals surface area contributed by atoms with E-state index in [0.717, 1.165) is 37.1 Å². The van der Waals surface area contributed by atoms with Gasteiger partial charge in [0.1, 0.15) is 0 Å². The molecule has 0 saturated carbocycles. The van der Waals surface area contributed by atoms with E-state index in [-0.39, 0.29) is 34.0 Å². The normalized spacial score (nSPS) is 36.6. The third kappa shape index (κ3) is 4.99. The Labute approximate surface area is 220 Å². The average Bonchev–Trinajstić information content (AvgIpc) is 2.86. The lowest BCUT2D eigenvalue weighted by Gasteiger charge is -2.54. The Morgan fingerprint density at radius 3 is 1.30 bits per heavy atom. The van der Waals surface area contributed by atoms with Crippen LogP contribution in [0.25, 0.3) is 0 Å². The maximum atomic E-state index is 6.66. The highest BCUT2D eigenvalue weighted by Gasteiger charge is 2.49. The smallest absolute Gasteiger partial charge is 0.188 e. The van der Waals surface area contributed by atoms with Gasteiger partial charge < -0.3 is 42.9 Å². The van der Waals surface area contributed by atoms with Crippen LogP contribution in [0.1, 0.15) is 48.6 Å². The Morgan fingerprint density at radius 1 is 0.576 bits per heavy atom. The van der Waals surface area contributed by atoms with Gasteiger partial charge in [0.25, 0.3) is 0 Å². The van der Waals surface area contributed by atoms with Crippen LogP contribution in [-0.4, -0.2) is 61.7 Å². The Bertz CT molecular complexity index is 804. The molecule has 0 aromatic heterocycles. The molecule has 6 aliphatic rings. The van der Waals surface area contributed by atoms with Gasteiger partial charge in [-0.15, -0.1) is 0 Å². The number of ether oxygens (including phenoxy) is 1. The molecule has 2 unspecified atom stereocenters. The minimum atomic E-state index is 0. The van der Waals surface area contributed by atoms with Crippen LogP contribution in [0, 0.1) is 11.8 Å². The van der Waals surface area contributed by atoms with Crippen LogP contribution >= 0.6 is 0 Å². The van der Waals surface area contributed by atoms with Crippen molar-refractivity contribution in [3.63, 3.8) is 0 Å². The Morgan fingerprint density at radius 2 is 0.939 bits per heavy atom. The maximum absolute atomic E-state index is 6.66. The number of piperidine rings is 6. The number of fused-ring (bicyclic) bond motifs is 6. The molecule has 8 rings (SSSR count). The minimum Gasteiger partial charge on any atom is -1.00 e. The van der Waals surface area contributed by atoms with Crippen molar-refractivity contribution < 1.29 is 47.7 Å². The van der Waals surface area contributed by atoms with Gasteiger partial charge in [-0.25, -0.2) is 0 Å². The largest absolute Gasteiger partial charge is 1.00 e. The van der Waals surface area contributed by atoms with Crippen molar-refractivity contribution in [2.45, 2.75) is 37.5 Å². The summed E-state index contributed by atoms with van der Waals surface area (Å²) in [6, 6.07) is 22.6. The first-order valence-corrected chi connectivity index (χ1v) is 12.6. The van der Waals surface area contributed by atoms with Gasteiger partial charge in [-0.1, -0.05) is 60.7 Å². The number of hydrogen-bond acceptors (Lipinski definition) is 1. The van der Waals surface area contributed by atoms with Crippen LogP contribution in [0.4, 0.5) is 0 Å². The fourth-order valence-electron chi connectivity index (χ4n) is 7.52. The number of benzene rings is 2. The van der Waals surface area contributed by atoms with Crippen LogP contribution in [0.15, 0.2) is 60.7 Å². The lowest BCUT2D eigenvalue weighted by Crippen LogP contribution is -3.00. The standard InChI is InChI=1S/C28H38N2O.2BrH/c1-3-7-23(8-4-1)27-19-29(15-11-25(27)12-16-29)21-31-22-30-17-13-26(14-18-30)28(20-30)24-9-5-2-6-10-24;;/h1-10,25-28H,11-22H2;2*1H/q+2;;/p-2. The van der Waals surface area contributed by atoms with Crippen LogP contribution in [0.2, 0.25) is 0 Å². The van der Waals surface area contributed by atoms with E-state index in [1.807, 2.05) is 0 Å². The predicted molar refractivity (Wildman–Crippen MR) is 124 cm³/mol. The molecule has 0 spiro atoms. The van der Waals surface area contributed by atoms with Gasteiger partial charge in [-0.05, 0) is 23.0 Å². The zero-order valence-corrected chi connectivity index (χ0v) is 22.8. The summed E-state index contributed by atoms with van der Waals surface area (Å²) in [7, 11) is 0. The minimum absolute atomic E-state index is 0. The molecule has 3 nitrogen and oxygen atoms in total. The SMILES string of the molecule is [Br-].[Br-].c1ccc(C2C[N+]3(COC[N+]45CCC(CC4)C(c4ccccc4)C5)CCC2CC3)cc1. The lowest BCUT2D eigenvalue weighted by atomic mass is 9.74. The van der Waals surface area contributed by atoms with E-state index in [0.29, 0.717) is 0 Å². The highest BCUT2D eigenvalue weighted by molar-refractivity contribution is 5.22. The van der Waals surface area contributed by atoms with E-state index in [2.05, 4.69) is 60.7 Å². The topological polar surface area (TPSA) is 9.23 Å². The van der Waals surface area contributed by atoms with Gasteiger partial charge >= 0.3 is 0 Å². The molecular weight excluding hydrogens is 540 g/mol. The van der Waals surface area contributed by atoms with Crippen LogP contribution in [0.3, 0.4) is 0 Å². The summed E-state index contributed by atoms with van der Waals surface area (Å²) in [6.07, 6.45) is 5.50. The van der Waals surface area contributed by atoms with Gasteiger partial charge in [0.05, 0.1) is 39.3 Å². The molecule has 0 radical (unpaired) electrons. The second-order valence-electron chi connectivity index (χ2n) is 11.1. The zero-order chi connectivity index (χ0) is 20.7. The van der Waals surface area contributed by atoms with E-state index in [9.17, 15) is 0 Å². The summed E-state index contributed by atoms with van der Waals surface area (Å²) in [5.74, 6) is 3.23. The number of quaternary nitrogens is 2. The molecule has 0 amide bonds. The first kappa shape index (κ1) is 25.4. The Kier molecular flexibility index (Phi) is 8.07. The molecule has 6 saturated heterocycles. The van der Waals surface area contributed by atoms with Crippen molar-refractivity contribution in [1.29, 1.82) is 0 Å². The summed E-state index contributed by atoms with van der Waals surface area (Å²) in [4.78, 5) is 0. The van der Waals surface area contributed by atoms with Gasteiger partial charge in [0, 0.05) is 37.5 Å². The third-order valence-corrected chi connectivity index (χ3v) is 9.39. The fraction of sp³-hybridized carbons (Fsp3) is 0.571. The molecular formula is C28H38Br2N2O.